The Morgan fingerprint density at radius 2 is 1.87 bits per heavy atom. The van der Waals surface area contributed by atoms with E-state index in [9.17, 15) is 9.59 Å². The van der Waals surface area contributed by atoms with E-state index in [4.69, 9.17) is 18.9 Å². The molecule has 9 heteroatoms. The summed E-state index contributed by atoms with van der Waals surface area (Å²) in [6.07, 6.45) is 1.70. The quantitative estimate of drug-likeness (QED) is 0.384. The van der Waals surface area contributed by atoms with Crippen LogP contribution in [0.5, 0.6) is 17.2 Å². The van der Waals surface area contributed by atoms with Crippen molar-refractivity contribution in [2.75, 3.05) is 20.3 Å². The number of esters is 1. The summed E-state index contributed by atoms with van der Waals surface area (Å²) in [5, 5.41) is 0. The molecule has 1 aliphatic heterocycles. The van der Waals surface area contributed by atoms with E-state index in [2.05, 4.69) is 4.99 Å². The molecule has 0 saturated heterocycles. The van der Waals surface area contributed by atoms with Crippen molar-refractivity contribution in [3.05, 3.63) is 84.5 Å². The number of thiazole rings is 1. The maximum Gasteiger partial charge on any atom is 0.338 e. The van der Waals surface area contributed by atoms with Crippen molar-refractivity contribution in [3.8, 4) is 17.2 Å². The summed E-state index contributed by atoms with van der Waals surface area (Å²) >= 11 is 1.26. The Hall–Kier alpha value is -3.85. The van der Waals surface area contributed by atoms with Crippen LogP contribution < -0.4 is 29.1 Å². The Morgan fingerprint density at radius 3 is 2.55 bits per heavy atom. The van der Waals surface area contributed by atoms with Gasteiger partial charge in [-0.25, -0.2) is 9.79 Å². The zero-order valence-corrected chi connectivity index (χ0v) is 23.3. The topological polar surface area (TPSA) is 88.4 Å². The van der Waals surface area contributed by atoms with Gasteiger partial charge < -0.3 is 18.9 Å². The normalized spacial score (nSPS) is 15.2. The Kier molecular flexibility index (Phi) is 8.36. The van der Waals surface area contributed by atoms with Crippen LogP contribution in [0, 0.1) is 0 Å². The number of hydrogen-bond donors (Lipinski definition) is 0. The van der Waals surface area contributed by atoms with Crippen LogP contribution in [-0.4, -0.2) is 37.0 Å². The summed E-state index contributed by atoms with van der Waals surface area (Å²) in [6.45, 7) is 9.96. The standard InChI is InChI=1S/C29H32N2O6S/c1-7-35-23-15-19(13-14-22(23)34-6)16-24-27(32)31-26(20-11-9-10-12-21(20)37-17(3)4)25(28(33)36-8-2)18(5)30-29(31)38-24/h9-17,26H,7-8H2,1-6H3/b24-16-. The molecule has 1 aromatic heterocycles. The zero-order chi connectivity index (χ0) is 27.4. The van der Waals surface area contributed by atoms with Crippen molar-refractivity contribution >= 4 is 23.4 Å². The lowest BCUT2D eigenvalue weighted by Crippen LogP contribution is -2.40. The molecule has 0 spiro atoms. The van der Waals surface area contributed by atoms with Crippen molar-refractivity contribution in [2.24, 2.45) is 4.99 Å². The van der Waals surface area contributed by atoms with Crippen LogP contribution in [0.15, 0.2) is 63.5 Å². The average Bonchev–Trinajstić information content (AvgIpc) is 3.18. The van der Waals surface area contributed by atoms with E-state index < -0.39 is 12.0 Å². The fraction of sp³-hybridized carbons (Fsp3) is 0.345. The van der Waals surface area contributed by atoms with Crippen molar-refractivity contribution < 1.29 is 23.7 Å². The molecule has 38 heavy (non-hydrogen) atoms. The summed E-state index contributed by atoms with van der Waals surface area (Å²) < 4.78 is 24.6. The highest BCUT2D eigenvalue weighted by Gasteiger charge is 2.35. The number of hydrogen-bond acceptors (Lipinski definition) is 8. The maximum atomic E-state index is 13.9. The van der Waals surface area contributed by atoms with E-state index in [0.29, 0.717) is 50.0 Å². The molecule has 1 atom stereocenters. The molecule has 0 radical (unpaired) electrons. The molecular weight excluding hydrogens is 504 g/mol. The molecule has 1 aliphatic rings. The minimum atomic E-state index is -0.753. The summed E-state index contributed by atoms with van der Waals surface area (Å²) in [5.41, 5.74) is 2.02. The molecule has 0 aliphatic carbocycles. The van der Waals surface area contributed by atoms with Gasteiger partial charge in [0.05, 0.1) is 42.2 Å². The van der Waals surface area contributed by atoms with Gasteiger partial charge in [0.2, 0.25) is 0 Å². The first-order valence-electron chi connectivity index (χ1n) is 12.5. The molecule has 3 aromatic rings. The first kappa shape index (κ1) is 27.2. The number of aromatic nitrogens is 1. The molecule has 4 rings (SSSR count). The minimum Gasteiger partial charge on any atom is -0.493 e. The highest BCUT2D eigenvalue weighted by atomic mass is 32.1. The van der Waals surface area contributed by atoms with Crippen molar-refractivity contribution in [1.82, 2.24) is 4.57 Å². The van der Waals surface area contributed by atoms with Gasteiger partial charge in [-0.15, -0.1) is 0 Å². The number of carbonyl (C=O) groups is 1. The van der Waals surface area contributed by atoms with Gasteiger partial charge in [0.25, 0.3) is 5.56 Å². The molecule has 0 bridgehead atoms. The Labute approximate surface area is 225 Å². The predicted molar refractivity (Wildman–Crippen MR) is 147 cm³/mol. The molecule has 0 fully saturated rings. The summed E-state index contributed by atoms with van der Waals surface area (Å²) in [4.78, 5) is 32.2. The van der Waals surface area contributed by atoms with E-state index >= 15 is 0 Å². The number of benzene rings is 2. The Morgan fingerprint density at radius 1 is 1.11 bits per heavy atom. The van der Waals surface area contributed by atoms with Crippen molar-refractivity contribution in [3.63, 3.8) is 0 Å². The molecule has 1 unspecified atom stereocenters. The predicted octanol–water partition coefficient (Wildman–Crippen LogP) is 3.99. The van der Waals surface area contributed by atoms with E-state index in [1.165, 1.54) is 11.3 Å². The third-order valence-electron chi connectivity index (χ3n) is 5.88. The first-order valence-corrected chi connectivity index (χ1v) is 13.4. The lowest BCUT2D eigenvalue weighted by molar-refractivity contribution is -0.139. The van der Waals surface area contributed by atoms with Crippen molar-refractivity contribution in [2.45, 2.75) is 46.8 Å². The fourth-order valence-electron chi connectivity index (χ4n) is 4.36. The van der Waals surface area contributed by atoms with Crippen LogP contribution in [0.3, 0.4) is 0 Å². The third-order valence-corrected chi connectivity index (χ3v) is 6.86. The number of ether oxygens (including phenoxy) is 4. The molecule has 200 valence electrons. The number of para-hydroxylation sites is 1. The Balaban J connectivity index is 1.94. The second kappa shape index (κ2) is 11.7. The zero-order valence-electron chi connectivity index (χ0n) is 22.4. The van der Waals surface area contributed by atoms with Crippen LogP contribution in [0.1, 0.15) is 51.8 Å². The number of methoxy groups -OCH3 is 1. The fourth-order valence-corrected chi connectivity index (χ4v) is 5.40. The monoisotopic (exact) mass is 536 g/mol. The molecule has 0 N–H and O–H groups in total. The van der Waals surface area contributed by atoms with Crippen LogP contribution in [0.4, 0.5) is 0 Å². The van der Waals surface area contributed by atoms with E-state index in [-0.39, 0.29) is 18.3 Å². The van der Waals surface area contributed by atoms with Gasteiger partial charge in [-0.2, -0.15) is 0 Å². The highest BCUT2D eigenvalue weighted by molar-refractivity contribution is 7.07. The number of allylic oxidation sites excluding steroid dienone is 1. The summed E-state index contributed by atoms with van der Waals surface area (Å²) in [7, 11) is 1.58. The second-order valence-electron chi connectivity index (χ2n) is 8.85. The summed E-state index contributed by atoms with van der Waals surface area (Å²) in [6, 6.07) is 12.2. The van der Waals surface area contributed by atoms with Gasteiger partial charge in [-0.05, 0) is 64.5 Å². The van der Waals surface area contributed by atoms with Gasteiger partial charge in [0.1, 0.15) is 11.8 Å². The lowest BCUT2D eigenvalue weighted by Gasteiger charge is -2.26. The van der Waals surface area contributed by atoms with Crippen LogP contribution in [-0.2, 0) is 9.53 Å². The van der Waals surface area contributed by atoms with Crippen molar-refractivity contribution in [1.29, 1.82) is 0 Å². The maximum absolute atomic E-state index is 13.9. The van der Waals surface area contributed by atoms with E-state index in [1.807, 2.05) is 57.2 Å². The third kappa shape index (κ3) is 5.38. The largest absolute Gasteiger partial charge is 0.493 e. The van der Waals surface area contributed by atoms with Gasteiger partial charge in [-0.1, -0.05) is 35.6 Å². The van der Waals surface area contributed by atoms with Gasteiger partial charge in [-0.3, -0.25) is 9.36 Å². The molecule has 8 nitrogen and oxygen atoms in total. The molecule has 0 amide bonds. The Bertz CT molecular complexity index is 1550. The van der Waals surface area contributed by atoms with Crippen LogP contribution in [0.25, 0.3) is 6.08 Å². The number of rotatable bonds is 9. The molecule has 0 saturated carbocycles. The lowest BCUT2D eigenvalue weighted by atomic mass is 9.95. The van der Waals surface area contributed by atoms with E-state index in [1.54, 1.807) is 37.7 Å². The first-order chi connectivity index (χ1) is 18.3. The van der Waals surface area contributed by atoms with Gasteiger partial charge in [0.15, 0.2) is 16.3 Å². The van der Waals surface area contributed by atoms with Gasteiger partial charge >= 0.3 is 5.97 Å². The second-order valence-corrected chi connectivity index (χ2v) is 9.86. The number of carbonyl (C=O) groups excluding carboxylic acids is 1. The molecule has 2 heterocycles. The minimum absolute atomic E-state index is 0.0993. The van der Waals surface area contributed by atoms with Gasteiger partial charge in [0, 0.05) is 5.56 Å². The SMILES string of the molecule is CCOC(=O)C1=C(C)N=c2s/c(=C\c3ccc(OC)c(OCC)c3)c(=O)n2C1c1ccccc1OC(C)C. The number of fused-ring (bicyclic) bond motifs is 1. The highest BCUT2D eigenvalue weighted by Crippen LogP contribution is 2.36. The van der Waals surface area contributed by atoms with Crippen LogP contribution >= 0.6 is 11.3 Å². The molecule has 2 aromatic carbocycles. The van der Waals surface area contributed by atoms with Crippen LogP contribution in [0.2, 0.25) is 0 Å². The summed E-state index contributed by atoms with van der Waals surface area (Å²) in [5.74, 6) is 1.29. The smallest absolute Gasteiger partial charge is 0.338 e. The van der Waals surface area contributed by atoms with E-state index in [0.717, 1.165) is 5.56 Å². The average molecular weight is 537 g/mol. The molecular formula is C29H32N2O6S. The number of nitrogens with zero attached hydrogens (tertiary/aromatic N) is 2.